The molecule has 0 aliphatic heterocycles. The maximum Gasteiger partial charge on any atom is 0.278 e. The van der Waals surface area contributed by atoms with E-state index in [4.69, 9.17) is 0 Å². The van der Waals surface area contributed by atoms with Gasteiger partial charge in [0.2, 0.25) is 5.91 Å². The number of aromatic nitrogens is 3. The summed E-state index contributed by atoms with van der Waals surface area (Å²) >= 11 is 0. The summed E-state index contributed by atoms with van der Waals surface area (Å²) in [5, 5.41) is 3.80. The Kier molecular flexibility index (Phi) is 5.48. The molecule has 0 saturated carbocycles. The van der Waals surface area contributed by atoms with Gasteiger partial charge in [0.25, 0.3) is 5.56 Å². The molecule has 0 atom stereocenters. The average Bonchev–Trinajstić information content (AvgIpc) is 3.16. The van der Waals surface area contributed by atoms with Gasteiger partial charge in [0.15, 0.2) is 0 Å². The van der Waals surface area contributed by atoms with Crippen LogP contribution in [0.2, 0.25) is 0 Å². The van der Waals surface area contributed by atoms with Crippen molar-refractivity contribution in [3.05, 3.63) is 107 Å². The summed E-state index contributed by atoms with van der Waals surface area (Å²) in [5.74, 6) is -0.195. The Labute approximate surface area is 191 Å². The number of nitrogens with zero attached hydrogens (tertiary/aromatic N) is 3. The van der Waals surface area contributed by atoms with Crippen molar-refractivity contribution in [3.63, 3.8) is 0 Å². The number of nitrogens with one attached hydrogen (secondary N) is 1. The van der Waals surface area contributed by atoms with E-state index in [-0.39, 0.29) is 18.0 Å². The van der Waals surface area contributed by atoms with Gasteiger partial charge in [-0.3, -0.25) is 14.2 Å². The van der Waals surface area contributed by atoms with Crippen LogP contribution in [-0.4, -0.2) is 20.0 Å². The third kappa shape index (κ3) is 4.03. The van der Waals surface area contributed by atoms with Crippen LogP contribution in [0.3, 0.4) is 0 Å². The van der Waals surface area contributed by atoms with E-state index in [0.717, 1.165) is 28.6 Å². The molecule has 0 bridgehead atoms. The zero-order valence-corrected chi connectivity index (χ0v) is 18.4. The van der Waals surface area contributed by atoms with Crippen molar-refractivity contribution < 1.29 is 4.79 Å². The average molecular weight is 437 g/mol. The largest absolute Gasteiger partial charge is 0.325 e. The summed E-state index contributed by atoms with van der Waals surface area (Å²) in [6.07, 6.45) is 2.53. The molecular weight excluding hydrogens is 412 g/mol. The van der Waals surface area contributed by atoms with Crippen molar-refractivity contribution >= 4 is 33.5 Å². The molecule has 2 heterocycles. The van der Waals surface area contributed by atoms with Crippen molar-refractivity contribution in [2.24, 2.45) is 0 Å². The fourth-order valence-electron chi connectivity index (χ4n) is 4.17. The van der Waals surface area contributed by atoms with E-state index >= 15 is 0 Å². The first kappa shape index (κ1) is 20.7. The lowest BCUT2D eigenvalue weighted by Crippen LogP contribution is -2.25. The standard InChI is InChI=1S/C27H24N4O2/c1-2-19-12-14-21(15-13-19)29-24(32)17-31-23-11-7-6-10-22(23)25-26(31)27(33)30(18-28-25)16-20-8-4-3-5-9-20/h3-15,18H,2,16-17H2,1H3,(H,29,32). The van der Waals surface area contributed by atoms with E-state index in [0.29, 0.717) is 17.6 Å². The van der Waals surface area contributed by atoms with Crippen LogP contribution >= 0.6 is 0 Å². The maximum atomic E-state index is 13.5. The van der Waals surface area contributed by atoms with Gasteiger partial charge in [-0.15, -0.1) is 0 Å². The maximum absolute atomic E-state index is 13.5. The Bertz CT molecular complexity index is 1500. The molecule has 0 radical (unpaired) electrons. The fraction of sp³-hybridized carbons (Fsp3) is 0.148. The van der Waals surface area contributed by atoms with Gasteiger partial charge in [-0.25, -0.2) is 4.98 Å². The second-order valence-corrected chi connectivity index (χ2v) is 8.06. The highest BCUT2D eigenvalue weighted by Crippen LogP contribution is 2.25. The monoisotopic (exact) mass is 436 g/mol. The number of fused-ring (bicyclic) bond motifs is 3. The molecule has 0 aliphatic carbocycles. The van der Waals surface area contributed by atoms with Gasteiger partial charge in [-0.05, 0) is 35.7 Å². The Hall–Kier alpha value is -4.19. The summed E-state index contributed by atoms with van der Waals surface area (Å²) in [6, 6.07) is 25.3. The SMILES string of the molecule is CCc1ccc(NC(=O)Cn2c3ccccc3c3ncn(Cc4ccccc4)c(=O)c32)cc1. The summed E-state index contributed by atoms with van der Waals surface area (Å²) < 4.78 is 3.37. The first-order valence-electron chi connectivity index (χ1n) is 11.0. The van der Waals surface area contributed by atoms with Crippen molar-refractivity contribution in [2.75, 3.05) is 5.32 Å². The molecule has 0 spiro atoms. The molecular formula is C27H24N4O2. The van der Waals surface area contributed by atoms with Crippen LogP contribution in [0.1, 0.15) is 18.1 Å². The van der Waals surface area contributed by atoms with E-state index in [2.05, 4.69) is 17.2 Å². The first-order valence-corrected chi connectivity index (χ1v) is 11.0. The molecule has 0 unspecified atom stereocenters. The van der Waals surface area contributed by atoms with Gasteiger partial charge in [0, 0.05) is 11.1 Å². The molecule has 6 nitrogen and oxygen atoms in total. The lowest BCUT2D eigenvalue weighted by Gasteiger charge is -2.10. The quantitative estimate of drug-likeness (QED) is 0.423. The number of rotatable bonds is 6. The minimum absolute atomic E-state index is 0.0197. The van der Waals surface area contributed by atoms with Crippen LogP contribution in [0, 0.1) is 0 Å². The molecule has 33 heavy (non-hydrogen) atoms. The number of benzene rings is 3. The molecule has 1 amide bonds. The van der Waals surface area contributed by atoms with E-state index in [9.17, 15) is 9.59 Å². The molecule has 164 valence electrons. The van der Waals surface area contributed by atoms with Crippen molar-refractivity contribution in [1.29, 1.82) is 0 Å². The summed E-state index contributed by atoms with van der Waals surface area (Å²) in [4.78, 5) is 31.1. The number of aryl methyl sites for hydroxylation is 1. The van der Waals surface area contributed by atoms with E-state index in [1.807, 2.05) is 78.9 Å². The highest BCUT2D eigenvalue weighted by Gasteiger charge is 2.18. The molecule has 0 aliphatic rings. The molecule has 2 aromatic heterocycles. The van der Waals surface area contributed by atoms with Gasteiger partial charge in [-0.1, -0.05) is 67.6 Å². The van der Waals surface area contributed by atoms with Gasteiger partial charge in [0.05, 0.1) is 18.4 Å². The minimum atomic E-state index is -0.195. The molecule has 5 aromatic rings. The summed E-state index contributed by atoms with van der Waals surface area (Å²) in [6.45, 7) is 2.53. The molecule has 1 N–H and O–H groups in total. The van der Waals surface area contributed by atoms with E-state index < -0.39 is 0 Å². The van der Waals surface area contributed by atoms with Gasteiger partial charge in [0.1, 0.15) is 17.6 Å². The Balaban J connectivity index is 1.55. The number of carbonyl (C=O) groups excluding carboxylic acids is 1. The van der Waals surface area contributed by atoms with E-state index in [1.165, 1.54) is 5.56 Å². The normalized spacial score (nSPS) is 11.2. The second-order valence-electron chi connectivity index (χ2n) is 8.06. The van der Waals surface area contributed by atoms with E-state index in [1.54, 1.807) is 15.5 Å². The zero-order chi connectivity index (χ0) is 22.8. The number of amides is 1. The van der Waals surface area contributed by atoms with Gasteiger partial charge in [-0.2, -0.15) is 0 Å². The van der Waals surface area contributed by atoms with Crippen LogP contribution in [0.25, 0.3) is 21.9 Å². The Morgan fingerprint density at radius 2 is 1.64 bits per heavy atom. The van der Waals surface area contributed by atoms with Crippen LogP contribution in [-0.2, 0) is 24.3 Å². The van der Waals surface area contributed by atoms with Crippen molar-refractivity contribution in [2.45, 2.75) is 26.4 Å². The number of para-hydroxylation sites is 1. The van der Waals surface area contributed by atoms with Gasteiger partial charge < -0.3 is 9.88 Å². The van der Waals surface area contributed by atoms with Crippen molar-refractivity contribution in [1.82, 2.24) is 14.1 Å². The highest BCUT2D eigenvalue weighted by molar-refractivity contribution is 6.06. The molecule has 6 heteroatoms. The predicted octanol–water partition coefficient (Wildman–Crippen LogP) is 4.60. The topological polar surface area (TPSA) is 68.9 Å². The number of hydrogen-bond donors (Lipinski definition) is 1. The third-order valence-corrected chi connectivity index (χ3v) is 5.88. The number of carbonyl (C=O) groups is 1. The Morgan fingerprint density at radius 3 is 2.39 bits per heavy atom. The highest BCUT2D eigenvalue weighted by atomic mass is 16.2. The molecule has 3 aromatic carbocycles. The summed E-state index contributed by atoms with van der Waals surface area (Å²) in [5.41, 5.74) is 4.65. The summed E-state index contributed by atoms with van der Waals surface area (Å²) in [7, 11) is 0. The Morgan fingerprint density at radius 1 is 0.909 bits per heavy atom. The fourth-order valence-corrected chi connectivity index (χ4v) is 4.17. The zero-order valence-electron chi connectivity index (χ0n) is 18.4. The minimum Gasteiger partial charge on any atom is -0.325 e. The number of anilines is 1. The third-order valence-electron chi connectivity index (χ3n) is 5.88. The van der Waals surface area contributed by atoms with Gasteiger partial charge >= 0.3 is 0 Å². The molecule has 0 fully saturated rings. The van der Waals surface area contributed by atoms with Crippen molar-refractivity contribution in [3.8, 4) is 0 Å². The lowest BCUT2D eigenvalue weighted by atomic mass is 10.1. The lowest BCUT2D eigenvalue weighted by molar-refractivity contribution is -0.116. The van der Waals surface area contributed by atoms with Crippen LogP contribution in [0.15, 0.2) is 90.0 Å². The number of hydrogen-bond acceptors (Lipinski definition) is 3. The second kappa shape index (κ2) is 8.74. The first-order chi connectivity index (χ1) is 16.1. The van der Waals surface area contributed by atoms with Crippen LogP contribution < -0.4 is 10.9 Å². The van der Waals surface area contributed by atoms with Crippen LogP contribution in [0.5, 0.6) is 0 Å². The predicted molar refractivity (Wildman–Crippen MR) is 131 cm³/mol. The molecule has 5 rings (SSSR count). The molecule has 0 saturated heterocycles. The smallest absolute Gasteiger partial charge is 0.278 e. The van der Waals surface area contributed by atoms with Crippen LogP contribution in [0.4, 0.5) is 5.69 Å².